The van der Waals surface area contributed by atoms with Gasteiger partial charge in [0.05, 0.1) is 13.2 Å². The molecule has 9 nitrogen and oxygen atoms in total. The van der Waals surface area contributed by atoms with E-state index in [9.17, 15) is 4.79 Å². The molecule has 29 heavy (non-hydrogen) atoms. The molecule has 2 aliphatic heterocycles. The Morgan fingerprint density at radius 2 is 2.21 bits per heavy atom. The molecule has 9 heteroatoms. The van der Waals surface area contributed by atoms with Gasteiger partial charge in [-0.25, -0.2) is 5.10 Å². The Bertz CT molecular complexity index is 868. The number of nitrogens with zero attached hydrogens (tertiary/aromatic N) is 5. The molecular weight excluding hydrogens is 370 g/mol. The van der Waals surface area contributed by atoms with E-state index in [1.807, 2.05) is 17.0 Å². The molecule has 0 aliphatic carbocycles. The Hall–Kier alpha value is -2.36. The molecular formula is C20H29N7O2. The molecule has 1 saturated heterocycles. The Kier molecular flexibility index (Phi) is 5.37. The van der Waals surface area contributed by atoms with Crippen molar-refractivity contribution in [2.75, 3.05) is 44.8 Å². The number of piperazine rings is 1. The summed E-state index contributed by atoms with van der Waals surface area (Å²) >= 11 is 0. The van der Waals surface area contributed by atoms with Crippen molar-refractivity contribution in [2.24, 2.45) is 0 Å². The van der Waals surface area contributed by atoms with Crippen LogP contribution in [0.25, 0.3) is 11.4 Å². The number of amides is 1. The van der Waals surface area contributed by atoms with Crippen molar-refractivity contribution in [1.29, 1.82) is 0 Å². The summed E-state index contributed by atoms with van der Waals surface area (Å²) in [5.74, 6) is 0.709. The largest absolute Gasteiger partial charge is 0.383 e. The highest BCUT2D eigenvalue weighted by atomic mass is 16.5. The average Bonchev–Trinajstić information content (AvgIpc) is 3.30. The molecule has 2 N–H and O–H groups in total. The summed E-state index contributed by atoms with van der Waals surface area (Å²) in [6.07, 6.45) is 0. The molecule has 4 rings (SSSR count). The third-order valence-electron chi connectivity index (χ3n) is 5.91. The SMILES string of the molecule is COC[C@H]1CNC(C)CN1CC(=O)N1CC(C)(C)c2ccc(-c3nnn[nH]3)cc21. The minimum Gasteiger partial charge on any atom is -0.383 e. The third kappa shape index (κ3) is 3.90. The minimum atomic E-state index is -0.105. The molecule has 156 valence electrons. The van der Waals surface area contributed by atoms with Crippen LogP contribution < -0.4 is 10.2 Å². The Morgan fingerprint density at radius 1 is 1.38 bits per heavy atom. The highest BCUT2D eigenvalue weighted by Gasteiger charge is 2.39. The average molecular weight is 399 g/mol. The molecule has 0 radical (unpaired) electrons. The van der Waals surface area contributed by atoms with Crippen LogP contribution in [0.15, 0.2) is 18.2 Å². The fraction of sp³-hybridized carbons (Fsp3) is 0.600. The van der Waals surface area contributed by atoms with Gasteiger partial charge >= 0.3 is 0 Å². The summed E-state index contributed by atoms with van der Waals surface area (Å²) in [4.78, 5) is 17.5. The first-order valence-corrected chi connectivity index (χ1v) is 10.0. The van der Waals surface area contributed by atoms with Gasteiger partial charge in [-0.3, -0.25) is 9.69 Å². The molecule has 2 aromatic rings. The van der Waals surface area contributed by atoms with Crippen LogP contribution in [-0.2, 0) is 14.9 Å². The van der Waals surface area contributed by atoms with Crippen LogP contribution in [0.2, 0.25) is 0 Å². The summed E-state index contributed by atoms with van der Waals surface area (Å²) in [6, 6.07) is 6.65. The second kappa shape index (κ2) is 7.81. The lowest BCUT2D eigenvalue weighted by Gasteiger charge is -2.39. The maximum Gasteiger partial charge on any atom is 0.241 e. The fourth-order valence-corrected chi connectivity index (χ4v) is 4.39. The smallest absolute Gasteiger partial charge is 0.241 e. The molecule has 1 aromatic carbocycles. The van der Waals surface area contributed by atoms with Gasteiger partial charge in [0.15, 0.2) is 5.82 Å². The first-order valence-electron chi connectivity index (χ1n) is 10.0. The molecule has 0 spiro atoms. The highest BCUT2D eigenvalue weighted by Crippen LogP contribution is 2.42. The van der Waals surface area contributed by atoms with Crippen molar-refractivity contribution in [3.8, 4) is 11.4 Å². The van der Waals surface area contributed by atoms with Crippen LogP contribution in [0.3, 0.4) is 0 Å². The van der Waals surface area contributed by atoms with Crippen LogP contribution in [0.1, 0.15) is 26.3 Å². The van der Waals surface area contributed by atoms with Crippen molar-refractivity contribution in [1.82, 2.24) is 30.8 Å². The molecule has 0 saturated carbocycles. The lowest BCUT2D eigenvalue weighted by molar-refractivity contribution is -0.121. The third-order valence-corrected chi connectivity index (χ3v) is 5.91. The number of carbonyl (C=O) groups excluding carboxylic acids is 1. The number of tetrazole rings is 1. The zero-order chi connectivity index (χ0) is 20.6. The van der Waals surface area contributed by atoms with Crippen molar-refractivity contribution < 1.29 is 9.53 Å². The highest BCUT2D eigenvalue weighted by molar-refractivity contribution is 5.98. The normalized spacial score (nSPS) is 23.9. The number of methoxy groups -OCH3 is 1. The van der Waals surface area contributed by atoms with E-state index in [1.54, 1.807) is 7.11 Å². The van der Waals surface area contributed by atoms with Crippen LogP contribution in [0.5, 0.6) is 0 Å². The Morgan fingerprint density at radius 3 is 2.93 bits per heavy atom. The standard InChI is InChI=1S/C20H29N7O2/c1-13-9-26(15(8-21-13)11-29-4)10-18(28)27-12-20(2,3)16-6-5-14(7-17(16)27)19-22-24-25-23-19/h5-7,13,15,21H,8-12H2,1-4H3,(H,22,23,24,25)/t13?,15-/m1/s1. The van der Waals surface area contributed by atoms with Gasteiger partial charge in [-0.05, 0) is 29.0 Å². The van der Waals surface area contributed by atoms with Gasteiger partial charge in [0.2, 0.25) is 5.91 Å². The monoisotopic (exact) mass is 399 g/mol. The van der Waals surface area contributed by atoms with Crippen LogP contribution in [0.4, 0.5) is 5.69 Å². The maximum atomic E-state index is 13.4. The summed E-state index contributed by atoms with van der Waals surface area (Å²) < 4.78 is 5.37. The summed E-state index contributed by atoms with van der Waals surface area (Å²) in [5.41, 5.74) is 2.88. The topological polar surface area (TPSA) is 99.3 Å². The predicted octanol–water partition coefficient (Wildman–Crippen LogP) is 0.800. The first-order chi connectivity index (χ1) is 13.9. The quantitative estimate of drug-likeness (QED) is 0.767. The molecule has 1 aromatic heterocycles. The fourth-order valence-electron chi connectivity index (χ4n) is 4.39. The van der Waals surface area contributed by atoms with E-state index in [0.29, 0.717) is 31.6 Å². The Labute approximate surface area is 170 Å². The van der Waals surface area contributed by atoms with E-state index in [2.05, 4.69) is 57.7 Å². The molecule has 1 amide bonds. The van der Waals surface area contributed by atoms with Gasteiger partial charge in [0, 0.05) is 55.5 Å². The number of rotatable bonds is 5. The van der Waals surface area contributed by atoms with Gasteiger partial charge in [0.25, 0.3) is 0 Å². The first kappa shape index (κ1) is 19.9. The summed E-state index contributed by atoms with van der Waals surface area (Å²) in [5, 5.41) is 17.6. The van der Waals surface area contributed by atoms with Gasteiger partial charge in [0.1, 0.15) is 0 Å². The number of fused-ring (bicyclic) bond motifs is 1. The maximum absolute atomic E-state index is 13.4. The van der Waals surface area contributed by atoms with E-state index in [1.165, 1.54) is 5.56 Å². The second-order valence-electron chi connectivity index (χ2n) is 8.69. The van der Waals surface area contributed by atoms with E-state index in [-0.39, 0.29) is 17.4 Å². The molecule has 1 unspecified atom stereocenters. The molecule has 3 heterocycles. The molecule has 2 aliphatic rings. The molecule has 2 atom stereocenters. The van der Waals surface area contributed by atoms with Gasteiger partial charge in [-0.1, -0.05) is 26.0 Å². The van der Waals surface area contributed by atoms with Crippen molar-refractivity contribution in [2.45, 2.75) is 38.3 Å². The van der Waals surface area contributed by atoms with E-state index >= 15 is 0 Å². The predicted molar refractivity (Wildman–Crippen MR) is 110 cm³/mol. The zero-order valence-electron chi connectivity index (χ0n) is 17.5. The lowest BCUT2D eigenvalue weighted by atomic mass is 9.86. The number of ether oxygens (including phenoxy) is 1. The number of hydrogen-bond donors (Lipinski definition) is 2. The van der Waals surface area contributed by atoms with Crippen molar-refractivity contribution in [3.63, 3.8) is 0 Å². The van der Waals surface area contributed by atoms with Gasteiger partial charge < -0.3 is 15.0 Å². The number of H-pyrrole nitrogens is 1. The molecule has 1 fully saturated rings. The Balaban J connectivity index is 1.59. The van der Waals surface area contributed by atoms with Gasteiger partial charge in [-0.2, -0.15) is 0 Å². The number of aromatic nitrogens is 4. The number of anilines is 1. The number of carbonyl (C=O) groups is 1. The lowest BCUT2D eigenvalue weighted by Crippen LogP contribution is -2.59. The van der Waals surface area contributed by atoms with Crippen LogP contribution >= 0.6 is 0 Å². The molecule has 0 bridgehead atoms. The van der Waals surface area contributed by atoms with Crippen molar-refractivity contribution in [3.05, 3.63) is 23.8 Å². The summed E-state index contributed by atoms with van der Waals surface area (Å²) in [7, 11) is 1.71. The van der Waals surface area contributed by atoms with Crippen LogP contribution in [0, 0.1) is 0 Å². The number of aromatic amines is 1. The minimum absolute atomic E-state index is 0.105. The van der Waals surface area contributed by atoms with Crippen LogP contribution in [-0.4, -0.2) is 83.4 Å². The number of benzene rings is 1. The van der Waals surface area contributed by atoms with Crippen molar-refractivity contribution >= 4 is 11.6 Å². The van der Waals surface area contributed by atoms with E-state index < -0.39 is 0 Å². The number of nitrogens with one attached hydrogen (secondary N) is 2. The number of hydrogen-bond acceptors (Lipinski definition) is 7. The summed E-state index contributed by atoms with van der Waals surface area (Å²) in [6.45, 7) is 9.80. The zero-order valence-corrected chi connectivity index (χ0v) is 17.5. The van der Waals surface area contributed by atoms with Gasteiger partial charge in [-0.15, -0.1) is 5.10 Å². The second-order valence-corrected chi connectivity index (χ2v) is 8.69. The van der Waals surface area contributed by atoms with E-state index in [0.717, 1.165) is 24.3 Å². The van der Waals surface area contributed by atoms with E-state index in [4.69, 9.17) is 4.74 Å².